The van der Waals surface area contributed by atoms with E-state index in [0.717, 1.165) is 11.0 Å². The molecule has 1 heterocycles. The number of carboxylic acids is 1. The van der Waals surface area contributed by atoms with E-state index in [1.54, 1.807) is 24.5 Å². The van der Waals surface area contributed by atoms with E-state index in [-0.39, 0.29) is 5.56 Å². The van der Waals surface area contributed by atoms with Crippen LogP contribution in [0.5, 0.6) is 0 Å². The number of fused-ring (bicyclic) bond motifs is 1. The lowest BCUT2D eigenvalue weighted by Crippen LogP contribution is -2.00. The molecule has 0 amide bonds. The smallest absolute Gasteiger partial charge is 0.335 e. The maximum atomic E-state index is 11.1. The lowest BCUT2D eigenvalue weighted by atomic mass is 10.1. The third kappa shape index (κ3) is 2.28. The third-order valence-corrected chi connectivity index (χ3v) is 3.30. The van der Waals surface area contributed by atoms with Crippen LogP contribution in [-0.2, 0) is 6.54 Å². The molecule has 0 aliphatic rings. The van der Waals surface area contributed by atoms with Crippen molar-refractivity contribution in [3.05, 3.63) is 65.5 Å². The van der Waals surface area contributed by atoms with Crippen LogP contribution in [0.25, 0.3) is 11.0 Å². The second-order valence-electron chi connectivity index (χ2n) is 4.87. The van der Waals surface area contributed by atoms with Crippen molar-refractivity contribution in [1.82, 2.24) is 9.55 Å². The number of nitrogens with zero attached hydrogens (tertiary/aromatic N) is 2. The van der Waals surface area contributed by atoms with E-state index in [0.29, 0.717) is 6.54 Å². The van der Waals surface area contributed by atoms with Crippen molar-refractivity contribution in [2.45, 2.75) is 13.5 Å². The quantitative estimate of drug-likeness (QED) is 0.792. The van der Waals surface area contributed by atoms with Gasteiger partial charge >= 0.3 is 5.97 Å². The molecule has 0 aliphatic heterocycles. The summed E-state index contributed by atoms with van der Waals surface area (Å²) < 4.78 is 1.97. The minimum absolute atomic E-state index is 0.281. The largest absolute Gasteiger partial charge is 0.478 e. The molecule has 0 aliphatic carbocycles. The van der Waals surface area contributed by atoms with Gasteiger partial charge in [-0.15, -0.1) is 0 Å². The van der Waals surface area contributed by atoms with E-state index in [4.69, 9.17) is 5.11 Å². The highest BCUT2D eigenvalue weighted by Crippen LogP contribution is 2.17. The number of hydrogen-bond acceptors (Lipinski definition) is 2. The summed E-state index contributed by atoms with van der Waals surface area (Å²) >= 11 is 0. The zero-order valence-corrected chi connectivity index (χ0v) is 11.1. The number of carbonyl (C=O) groups is 1. The van der Waals surface area contributed by atoms with E-state index in [1.807, 2.05) is 10.6 Å². The molecular weight excluding hydrogens is 252 g/mol. The van der Waals surface area contributed by atoms with Crippen LogP contribution in [0.3, 0.4) is 0 Å². The van der Waals surface area contributed by atoms with E-state index in [2.05, 4.69) is 30.1 Å². The Balaban J connectivity index is 2.03. The van der Waals surface area contributed by atoms with Crippen molar-refractivity contribution in [2.24, 2.45) is 0 Å². The first kappa shape index (κ1) is 12.4. The van der Waals surface area contributed by atoms with Crippen molar-refractivity contribution in [3.63, 3.8) is 0 Å². The van der Waals surface area contributed by atoms with Crippen LogP contribution in [-0.4, -0.2) is 20.6 Å². The minimum Gasteiger partial charge on any atom is -0.478 e. The first-order valence-corrected chi connectivity index (χ1v) is 6.37. The van der Waals surface area contributed by atoms with Crippen LogP contribution < -0.4 is 0 Å². The molecule has 4 heteroatoms. The summed E-state index contributed by atoms with van der Waals surface area (Å²) in [6.07, 6.45) is 1.75. The standard InChI is InChI=1S/C16H14N2O2/c1-11-3-2-4-12(7-11)9-18-10-17-14-6-5-13(16(19)20)8-15(14)18/h2-8,10H,9H2,1H3,(H,19,20). The highest BCUT2D eigenvalue weighted by Gasteiger charge is 2.08. The van der Waals surface area contributed by atoms with E-state index >= 15 is 0 Å². The number of aromatic carboxylic acids is 1. The average Bonchev–Trinajstić information content (AvgIpc) is 2.81. The van der Waals surface area contributed by atoms with Crippen LogP contribution in [0, 0.1) is 6.92 Å². The fourth-order valence-electron chi connectivity index (χ4n) is 2.32. The molecule has 100 valence electrons. The zero-order chi connectivity index (χ0) is 14.1. The summed E-state index contributed by atoms with van der Waals surface area (Å²) in [6, 6.07) is 13.2. The lowest BCUT2D eigenvalue weighted by Gasteiger charge is -2.06. The first-order chi connectivity index (χ1) is 9.63. The summed E-state index contributed by atoms with van der Waals surface area (Å²) in [4.78, 5) is 15.4. The molecule has 0 fully saturated rings. The molecule has 1 N–H and O–H groups in total. The molecule has 0 spiro atoms. The third-order valence-electron chi connectivity index (χ3n) is 3.30. The minimum atomic E-state index is -0.921. The Hall–Kier alpha value is -2.62. The van der Waals surface area contributed by atoms with Gasteiger partial charge in [0.1, 0.15) is 0 Å². The summed E-state index contributed by atoms with van der Waals surface area (Å²) in [5, 5.41) is 9.07. The number of carboxylic acid groups (broad SMARTS) is 1. The van der Waals surface area contributed by atoms with Crippen LogP contribution in [0.15, 0.2) is 48.8 Å². The first-order valence-electron chi connectivity index (χ1n) is 6.37. The van der Waals surface area contributed by atoms with Crippen molar-refractivity contribution >= 4 is 17.0 Å². The summed E-state index contributed by atoms with van der Waals surface area (Å²) in [5.41, 5.74) is 4.31. The van der Waals surface area contributed by atoms with Gasteiger partial charge in [-0.2, -0.15) is 0 Å². The highest BCUT2D eigenvalue weighted by molar-refractivity contribution is 5.92. The van der Waals surface area contributed by atoms with Gasteiger partial charge in [-0.3, -0.25) is 0 Å². The Morgan fingerprint density at radius 1 is 1.25 bits per heavy atom. The molecule has 0 saturated heterocycles. The summed E-state index contributed by atoms with van der Waals surface area (Å²) in [7, 11) is 0. The predicted molar refractivity (Wildman–Crippen MR) is 77.0 cm³/mol. The summed E-state index contributed by atoms with van der Waals surface area (Å²) in [6.45, 7) is 2.74. The number of aryl methyl sites for hydroxylation is 1. The molecular formula is C16H14N2O2. The molecule has 1 aromatic heterocycles. The van der Waals surface area contributed by atoms with Gasteiger partial charge in [-0.05, 0) is 30.7 Å². The van der Waals surface area contributed by atoms with Crippen LogP contribution >= 0.6 is 0 Å². The van der Waals surface area contributed by atoms with Crippen molar-refractivity contribution in [1.29, 1.82) is 0 Å². The van der Waals surface area contributed by atoms with E-state index in [1.165, 1.54) is 11.1 Å². The van der Waals surface area contributed by atoms with Gasteiger partial charge in [0.25, 0.3) is 0 Å². The van der Waals surface area contributed by atoms with Gasteiger partial charge in [0.15, 0.2) is 0 Å². The van der Waals surface area contributed by atoms with Crippen molar-refractivity contribution in [3.8, 4) is 0 Å². The highest BCUT2D eigenvalue weighted by atomic mass is 16.4. The van der Waals surface area contributed by atoms with Crippen LogP contribution in [0.4, 0.5) is 0 Å². The maximum absolute atomic E-state index is 11.1. The Labute approximate surface area is 116 Å². The van der Waals surface area contributed by atoms with Crippen molar-refractivity contribution < 1.29 is 9.90 Å². The molecule has 3 aromatic rings. The number of imidazole rings is 1. The zero-order valence-electron chi connectivity index (χ0n) is 11.1. The Kier molecular flexibility index (Phi) is 2.99. The molecule has 4 nitrogen and oxygen atoms in total. The van der Waals surface area contributed by atoms with Gasteiger partial charge < -0.3 is 9.67 Å². The second-order valence-corrected chi connectivity index (χ2v) is 4.87. The number of rotatable bonds is 3. The van der Waals surface area contributed by atoms with Gasteiger partial charge in [0, 0.05) is 6.54 Å². The molecule has 0 atom stereocenters. The monoisotopic (exact) mass is 266 g/mol. The average molecular weight is 266 g/mol. The topological polar surface area (TPSA) is 55.1 Å². The van der Waals surface area contributed by atoms with Gasteiger partial charge in [-0.25, -0.2) is 9.78 Å². The number of benzene rings is 2. The number of aromatic nitrogens is 2. The lowest BCUT2D eigenvalue weighted by molar-refractivity contribution is 0.0697. The normalized spacial score (nSPS) is 10.8. The number of hydrogen-bond donors (Lipinski definition) is 1. The molecule has 2 aromatic carbocycles. The molecule has 0 bridgehead atoms. The molecule has 0 radical (unpaired) electrons. The van der Waals surface area contributed by atoms with Gasteiger partial charge in [-0.1, -0.05) is 29.8 Å². The summed E-state index contributed by atoms with van der Waals surface area (Å²) in [5.74, 6) is -0.921. The Morgan fingerprint density at radius 3 is 2.85 bits per heavy atom. The van der Waals surface area contributed by atoms with E-state index in [9.17, 15) is 4.79 Å². The van der Waals surface area contributed by atoms with Crippen molar-refractivity contribution in [2.75, 3.05) is 0 Å². The predicted octanol–water partition coefficient (Wildman–Crippen LogP) is 3.09. The van der Waals surface area contributed by atoms with Crippen LogP contribution in [0.2, 0.25) is 0 Å². The molecule has 3 rings (SSSR count). The maximum Gasteiger partial charge on any atom is 0.335 e. The van der Waals surface area contributed by atoms with Crippen LogP contribution in [0.1, 0.15) is 21.5 Å². The Bertz CT molecular complexity index is 790. The molecule has 0 saturated carbocycles. The fraction of sp³-hybridized carbons (Fsp3) is 0.125. The fourth-order valence-corrected chi connectivity index (χ4v) is 2.32. The molecule has 20 heavy (non-hydrogen) atoms. The van der Waals surface area contributed by atoms with E-state index < -0.39 is 5.97 Å². The SMILES string of the molecule is Cc1cccc(Cn2cnc3ccc(C(=O)O)cc32)c1. The Morgan fingerprint density at radius 2 is 2.10 bits per heavy atom. The van der Waals surface area contributed by atoms with Gasteiger partial charge in [0.2, 0.25) is 0 Å². The molecule has 0 unspecified atom stereocenters. The van der Waals surface area contributed by atoms with Gasteiger partial charge in [0.05, 0.1) is 22.9 Å². The second kappa shape index (κ2) is 4.81.